The average molecular weight is 269 g/mol. The Morgan fingerprint density at radius 1 is 1.50 bits per heavy atom. The minimum atomic E-state index is 0.581. The highest BCUT2D eigenvalue weighted by Gasteiger charge is 2.19. The Morgan fingerprint density at radius 3 is 3.00 bits per heavy atom. The molecular weight excluding hydrogens is 248 g/mol. The molecule has 5 heteroatoms. The number of halogens is 1. The maximum absolute atomic E-state index is 6.13. The van der Waals surface area contributed by atoms with E-state index in [0.29, 0.717) is 11.1 Å². The predicted molar refractivity (Wildman–Crippen MR) is 75.1 cm³/mol. The van der Waals surface area contributed by atoms with E-state index in [4.69, 9.17) is 11.6 Å². The van der Waals surface area contributed by atoms with Gasteiger partial charge in [-0.15, -0.1) is 0 Å². The Kier molecular flexibility index (Phi) is 4.78. The van der Waals surface area contributed by atoms with Gasteiger partial charge in [0.1, 0.15) is 17.3 Å². The van der Waals surface area contributed by atoms with Crippen molar-refractivity contribution >= 4 is 17.4 Å². The van der Waals surface area contributed by atoms with Crippen LogP contribution in [0.1, 0.15) is 25.3 Å². The summed E-state index contributed by atoms with van der Waals surface area (Å²) in [6.07, 6.45) is 4.76. The molecule has 0 spiro atoms. The van der Waals surface area contributed by atoms with Gasteiger partial charge in [0.15, 0.2) is 0 Å². The molecule has 1 unspecified atom stereocenters. The summed E-state index contributed by atoms with van der Waals surface area (Å²) in [5.41, 5.74) is 1.05. The zero-order chi connectivity index (χ0) is 13.0. The SMILES string of the molecule is CCCc1c(Cl)ncnc1NCC1CCN(C)C1. The molecule has 18 heavy (non-hydrogen) atoms. The van der Waals surface area contributed by atoms with Gasteiger partial charge in [0.2, 0.25) is 0 Å². The zero-order valence-electron chi connectivity index (χ0n) is 11.1. The Morgan fingerprint density at radius 2 is 2.33 bits per heavy atom. The van der Waals surface area contributed by atoms with Gasteiger partial charge in [0, 0.05) is 18.7 Å². The molecule has 1 atom stereocenters. The molecule has 1 aliphatic heterocycles. The van der Waals surface area contributed by atoms with Crippen LogP contribution in [-0.4, -0.2) is 41.5 Å². The molecule has 0 radical (unpaired) electrons. The number of aromatic nitrogens is 2. The molecule has 0 saturated carbocycles. The highest BCUT2D eigenvalue weighted by molar-refractivity contribution is 6.30. The van der Waals surface area contributed by atoms with E-state index >= 15 is 0 Å². The molecule has 2 rings (SSSR count). The maximum Gasteiger partial charge on any atom is 0.137 e. The number of rotatable bonds is 5. The van der Waals surface area contributed by atoms with Crippen molar-refractivity contribution in [1.82, 2.24) is 14.9 Å². The standard InChI is InChI=1S/C13H21ClN4/c1-3-4-11-12(14)16-9-17-13(11)15-7-10-5-6-18(2)8-10/h9-10H,3-8H2,1-2H3,(H,15,16,17). The molecule has 0 aliphatic carbocycles. The lowest BCUT2D eigenvalue weighted by molar-refractivity contribution is 0.399. The molecule has 1 saturated heterocycles. The second-order valence-electron chi connectivity index (χ2n) is 5.04. The summed E-state index contributed by atoms with van der Waals surface area (Å²) >= 11 is 6.13. The Labute approximate surface area is 114 Å². The van der Waals surface area contributed by atoms with Crippen LogP contribution in [0.25, 0.3) is 0 Å². The largest absolute Gasteiger partial charge is 0.369 e. The van der Waals surface area contributed by atoms with Gasteiger partial charge in [-0.25, -0.2) is 9.97 Å². The molecule has 1 aliphatic rings. The number of nitrogens with one attached hydrogen (secondary N) is 1. The minimum Gasteiger partial charge on any atom is -0.369 e. The van der Waals surface area contributed by atoms with Crippen molar-refractivity contribution in [2.24, 2.45) is 5.92 Å². The zero-order valence-corrected chi connectivity index (χ0v) is 11.9. The first kappa shape index (κ1) is 13.6. The third kappa shape index (κ3) is 3.33. The summed E-state index contributed by atoms with van der Waals surface area (Å²) in [6.45, 7) is 5.46. The van der Waals surface area contributed by atoms with Gasteiger partial charge in [-0.3, -0.25) is 0 Å². The highest BCUT2D eigenvalue weighted by Crippen LogP contribution is 2.22. The van der Waals surface area contributed by atoms with Gasteiger partial charge in [-0.2, -0.15) is 0 Å². The smallest absolute Gasteiger partial charge is 0.137 e. The summed E-state index contributed by atoms with van der Waals surface area (Å²) in [5, 5.41) is 4.02. The number of nitrogens with zero attached hydrogens (tertiary/aromatic N) is 3. The Balaban J connectivity index is 1.98. The third-order valence-corrected chi connectivity index (χ3v) is 3.77. The molecule has 0 amide bonds. The maximum atomic E-state index is 6.13. The summed E-state index contributed by atoms with van der Waals surface area (Å²) < 4.78 is 0. The lowest BCUT2D eigenvalue weighted by atomic mass is 10.1. The molecule has 1 N–H and O–H groups in total. The normalized spacial score (nSPS) is 20.3. The monoisotopic (exact) mass is 268 g/mol. The van der Waals surface area contributed by atoms with Crippen LogP contribution in [0.4, 0.5) is 5.82 Å². The van der Waals surface area contributed by atoms with Gasteiger partial charge in [-0.1, -0.05) is 24.9 Å². The van der Waals surface area contributed by atoms with Crippen LogP contribution in [0.2, 0.25) is 5.15 Å². The average Bonchev–Trinajstić information content (AvgIpc) is 2.76. The highest BCUT2D eigenvalue weighted by atomic mass is 35.5. The van der Waals surface area contributed by atoms with Crippen molar-refractivity contribution < 1.29 is 0 Å². The number of anilines is 1. The number of likely N-dealkylation sites (tertiary alicyclic amines) is 1. The van der Waals surface area contributed by atoms with Gasteiger partial charge in [-0.05, 0) is 32.4 Å². The van der Waals surface area contributed by atoms with Crippen molar-refractivity contribution in [3.05, 3.63) is 17.0 Å². The topological polar surface area (TPSA) is 41.1 Å². The lowest BCUT2D eigenvalue weighted by Crippen LogP contribution is -2.20. The molecule has 1 aromatic rings. The molecule has 4 nitrogen and oxygen atoms in total. The summed E-state index contributed by atoms with van der Waals surface area (Å²) in [4.78, 5) is 10.7. The van der Waals surface area contributed by atoms with Crippen molar-refractivity contribution in [2.75, 3.05) is 32.0 Å². The van der Waals surface area contributed by atoms with Crippen LogP contribution < -0.4 is 5.32 Å². The van der Waals surface area contributed by atoms with Crippen LogP contribution in [0, 0.1) is 5.92 Å². The first-order valence-corrected chi connectivity index (χ1v) is 7.00. The van der Waals surface area contributed by atoms with Gasteiger partial charge in [0.05, 0.1) is 0 Å². The van der Waals surface area contributed by atoms with E-state index in [2.05, 4.69) is 34.2 Å². The molecule has 1 aromatic heterocycles. The van der Waals surface area contributed by atoms with Crippen LogP contribution >= 0.6 is 11.6 Å². The summed E-state index contributed by atoms with van der Waals surface area (Å²) in [7, 11) is 2.17. The number of hydrogen-bond donors (Lipinski definition) is 1. The third-order valence-electron chi connectivity index (χ3n) is 3.44. The fourth-order valence-corrected chi connectivity index (χ4v) is 2.68. The second-order valence-corrected chi connectivity index (χ2v) is 5.40. The van der Waals surface area contributed by atoms with Crippen molar-refractivity contribution in [1.29, 1.82) is 0 Å². The van der Waals surface area contributed by atoms with Crippen molar-refractivity contribution in [3.63, 3.8) is 0 Å². The fourth-order valence-electron chi connectivity index (χ4n) is 2.45. The first-order chi connectivity index (χ1) is 8.70. The van der Waals surface area contributed by atoms with Crippen LogP contribution in [0.5, 0.6) is 0 Å². The van der Waals surface area contributed by atoms with E-state index in [9.17, 15) is 0 Å². The van der Waals surface area contributed by atoms with E-state index in [1.807, 2.05) is 0 Å². The van der Waals surface area contributed by atoms with E-state index in [1.165, 1.54) is 19.3 Å². The molecule has 0 bridgehead atoms. The first-order valence-electron chi connectivity index (χ1n) is 6.62. The molecular formula is C13H21ClN4. The molecule has 100 valence electrons. The molecule has 0 aromatic carbocycles. The Hall–Kier alpha value is -0.870. The van der Waals surface area contributed by atoms with E-state index in [-0.39, 0.29) is 0 Å². The van der Waals surface area contributed by atoms with Crippen LogP contribution in [0.3, 0.4) is 0 Å². The Bertz CT molecular complexity index is 397. The quantitative estimate of drug-likeness (QED) is 0.833. The lowest BCUT2D eigenvalue weighted by Gasteiger charge is -2.14. The summed E-state index contributed by atoms with van der Waals surface area (Å²) in [5.74, 6) is 1.62. The molecule has 1 fully saturated rings. The van der Waals surface area contributed by atoms with E-state index < -0.39 is 0 Å². The number of hydrogen-bond acceptors (Lipinski definition) is 4. The van der Waals surface area contributed by atoms with Crippen molar-refractivity contribution in [3.8, 4) is 0 Å². The minimum absolute atomic E-state index is 0.581. The van der Waals surface area contributed by atoms with Crippen molar-refractivity contribution in [2.45, 2.75) is 26.2 Å². The van der Waals surface area contributed by atoms with Gasteiger partial charge in [0.25, 0.3) is 0 Å². The summed E-state index contributed by atoms with van der Waals surface area (Å²) in [6, 6.07) is 0. The fraction of sp³-hybridized carbons (Fsp3) is 0.692. The van der Waals surface area contributed by atoms with Gasteiger partial charge < -0.3 is 10.2 Å². The van der Waals surface area contributed by atoms with Gasteiger partial charge >= 0.3 is 0 Å². The van der Waals surface area contributed by atoms with Crippen LogP contribution in [0.15, 0.2) is 6.33 Å². The van der Waals surface area contributed by atoms with E-state index in [0.717, 1.165) is 37.3 Å². The van der Waals surface area contributed by atoms with E-state index in [1.54, 1.807) is 0 Å². The molecule has 2 heterocycles. The predicted octanol–water partition coefficient (Wildman–Crippen LogP) is 2.45. The van der Waals surface area contributed by atoms with Crippen LogP contribution in [-0.2, 0) is 6.42 Å². The second kappa shape index (κ2) is 6.34.